The topological polar surface area (TPSA) is 92.8 Å². The summed E-state index contributed by atoms with van der Waals surface area (Å²) in [6.45, 7) is -0.714. The number of imide groups is 1. The normalized spacial score (nSPS) is 24.9. The smallest absolute Gasteiger partial charge is 0.416 e. The van der Waals surface area contributed by atoms with Crippen molar-refractivity contribution in [2.24, 2.45) is 23.7 Å². The maximum absolute atomic E-state index is 13.5. The van der Waals surface area contributed by atoms with Crippen LogP contribution in [0.25, 0.3) is 0 Å². The number of alkyl halides is 3. The van der Waals surface area contributed by atoms with Crippen molar-refractivity contribution in [1.29, 1.82) is 0 Å². The zero-order chi connectivity index (χ0) is 28.9. The molecule has 0 spiro atoms. The van der Waals surface area contributed by atoms with Gasteiger partial charge in [0.25, 0.3) is 5.91 Å². The maximum atomic E-state index is 13.5. The summed E-state index contributed by atoms with van der Waals surface area (Å²) in [6, 6.07) is 20.0. The molecular weight excluding hydrogens is 537 g/mol. The fraction of sp³-hybridized carbons (Fsp3) is 0.290. The van der Waals surface area contributed by atoms with Crippen LogP contribution in [0.2, 0.25) is 0 Å². The molecule has 3 aromatic carbocycles. The fourth-order valence-corrected chi connectivity index (χ4v) is 6.73. The van der Waals surface area contributed by atoms with Gasteiger partial charge in [-0.05, 0) is 78.6 Å². The molecule has 7 nitrogen and oxygen atoms in total. The number of benzene rings is 3. The van der Waals surface area contributed by atoms with Crippen LogP contribution < -0.4 is 10.2 Å². The SMILES string of the molecule is O=C(COC(=O)c1ccc(N2C(=O)[C@@H]3[C@@H]4C[C@@H]([C@@H]3C2=O)[C@@H](c2ccccc2)C4)cc1)Nc1cccc(C(F)(F)F)c1. The Bertz CT molecular complexity index is 1520. The number of anilines is 2. The van der Waals surface area contributed by atoms with Crippen molar-refractivity contribution < 1.29 is 37.1 Å². The van der Waals surface area contributed by atoms with Gasteiger partial charge in [0.2, 0.25) is 11.8 Å². The lowest BCUT2D eigenvalue weighted by molar-refractivity contribution is -0.137. The first-order valence-corrected chi connectivity index (χ1v) is 13.3. The van der Waals surface area contributed by atoms with Crippen molar-refractivity contribution in [2.45, 2.75) is 24.9 Å². The lowest BCUT2D eigenvalue weighted by Gasteiger charge is -2.28. The van der Waals surface area contributed by atoms with E-state index in [2.05, 4.69) is 17.4 Å². The summed E-state index contributed by atoms with van der Waals surface area (Å²) in [6.07, 6.45) is -2.81. The summed E-state index contributed by atoms with van der Waals surface area (Å²) in [5.74, 6) is -2.22. The highest BCUT2D eigenvalue weighted by atomic mass is 19.4. The van der Waals surface area contributed by atoms with Crippen LogP contribution in [0.4, 0.5) is 24.5 Å². The molecule has 2 saturated carbocycles. The second-order valence-electron chi connectivity index (χ2n) is 10.7. The van der Waals surface area contributed by atoms with Gasteiger partial charge < -0.3 is 10.1 Å². The molecule has 3 aliphatic rings. The minimum Gasteiger partial charge on any atom is -0.452 e. The Labute approximate surface area is 233 Å². The van der Waals surface area contributed by atoms with E-state index >= 15 is 0 Å². The minimum absolute atomic E-state index is 0.0848. The average Bonchev–Trinajstić information content (AvgIpc) is 3.63. The molecule has 1 aliphatic heterocycles. The van der Waals surface area contributed by atoms with Crippen LogP contribution in [-0.2, 0) is 25.3 Å². The fourth-order valence-electron chi connectivity index (χ4n) is 6.73. The number of nitrogens with zero attached hydrogens (tertiary/aromatic N) is 1. The zero-order valence-corrected chi connectivity index (χ0v) is 21.6. The zero-order valence-electron chi connectivity index (χ0n) is 21.6. The van der Waals surface area contributed by atoms with Crippen molar-refractivity contribution in [3.8, 4) is 0 Å². The van der Waals surface area contributed by atoms with Gasteiger partial charge in [0.05, 0.1) is 28.7 Å². The van der Waals surface area contributed by atoms with Crippen LogP contribution in [-0.4, -0.2) is 30.3 Å². The first kappa shape index (κ1) is 26.7. The highest BCUT2D eigenvalue weighted by molar-refractivity contribution is 6.22. The number of halogens is 3. The van der Waals surface area contributed by atoms with Gasteiger partial charge in [-0.15, -0.1) is 0 Å². The number of nitrogens with one attached hydrogen (secondary N) is 1. The third kappa shape index (κ3) is 4.87. The predicted octanol–water partition coefficient (Wildman–Crippen LogP) is 5.43. The quantitative estimate of drug-likeness (QED) is 0.320. The largest absolute Gasteiger partial charge is 0.452 e. The van der Waals surface area contributed by atoms with Gasteiger partial charge >= 0.3 is 12.1 Å². The Hall–Kier alpha value is -4.47. The Morgan fingerprint density at radius 3 is 2.29 bits per heavy atom. The third-order valence-electron chi connectivity index (χ3n) is 8.41. The van der Waals surface area contributed by atoms with Crippen LogP contribution in [0.15, 0.2) is 78.9 Å². The molecule has 3 amide bonds. The van der Waals surface area contributed by atoms with Gasteiger partial charge in [-0.1, -0.05) is 36.4 Å². The lowest BCUT2D eigenvalue weighted by Crippen LogP contribution is -2.33. The van der Waals surface area contributed by atoms with Crippen molar-refractivity contribution in [2.75, 3.05) is 16.8 Å². The summed E-state index contributed by atoms with van der Waals surface area (Å²) in [5, 5.41) is 2.26. The molecule has 1 N–H and O–H groups in total. The number of amides is 3. The first-order chi connectivity index (χ1) is 19.6. The monoisotopic (exact) mass is 562 g/mol. The van der Waals surface area contributed by atoms with Crippen LogP contribution in [0.5, 0.6) is 0 Å². The number of rotatable bonds is 6. The molecule has 1 heterocycles. The van der Waals surface area contributed by atoms with Gasteiger partial charge in [-0.2, -0.15) is 13.2 Å². The molecule has 1 saturated heterocycles. The number of carbonyl (C=O) groups is 4. The lowest BCUT2D eigenvalue weighted by atomic mass is 9.73. The summed E-state index contributed by atoms with van der Waals surface area (Å²) >= 11 is 0. The molecule has 10 heteroatoms. The Kier molecular flexibility index (Phi) is 6.63. The van der Waals surface area contributed by atoms with Crippen LogP contribution in [0.3, 0.4) is 0 Å². The number of hydrogen-bond acceptors (Lipinski definition) is 5. The molecule has 3 aromatic rings. The van der Waals surface area contributed by atoms with E-state index in [0.29, 0.717) is 5.69 Å². The van der Waals surface area contributed by atoms with E-state index in [1.165, 1.54) is 40.8 Å². The second kappa shape index (κ2) is 10.2. The highest BCUT2D eigenvalue weighted by Crippen LogP contribution is 2.61. The average molecular weight is 563 g/mol. The molecule has 0 aromatic heterocycles. The van der Waals surface area contributed by atoms with Crippen LogP contribution >= 0.6 is 0 Å². The number of carbonyl (C=O) groups excluding carboxylic acids is 4. The highest BCUT2D eigenvalue weighted by Gasteiger charge is 2.64. The van der Waals surface area contributed by atoms with Crippen molar-refractivity contribution >= 4 is 35.1 Å². The van der Waals surface area contributed by atoms with E-state index < -0.39 is 30.2 Å². The van der Waals surface area contributed by atoms with Crippen molar-refractivity contribution in [3.63, 3.8) is 0 Å². The minimum atomic E-state index is -4.56. The summed E-state index contributed by atoms with van der Waals surface area (Å²) in [4.78, 5) is 52.7. The number of hydrogen-bond donors (Lipinski definition) is 1. The van der Waals surface area contributed by atoms with Gasteiger partial charge in [-0.3, -0.25) is 19.3 Å². The molecule has 0 unspecified atom stereocenters. The molecule has 210 valence electrons. The van der Waals surface area contributed by atoms with E-state index in [4.69, 9.17) is 4.74 Å². The second-order valence-corrected chi connectivity index (χ2v) is 10.7. The molecule has 6 rings (SSSR count). The van der Waals surface area contributed by atoms with Crippen LogP contribution in [0, 0.1) is 23.7 Å². The van der Waals surface area contributed by atoms with E-state index in [-0.39, 0.29) is 52.7 Å². The van der Waals surface area contributed by atoms with Gasteiger partial charge in [0.1, 0.15) is 0 Å². The van der Waals surface area contributed by atoms with Gasteiger partial charge in [0.15, 0.2) is 6.61 Å². The number of esters is 1. The first-order valence-electron chi connectivity index (χ1n) is 13.3. The molecule has 5 atom stereocenters. The summed E-state index contributed by atoms with van der Waals surface area (Å²) in [5.41, 5.74) is 0.643. The molecule has 3 fully saturated rings. The summed E-state index contributed by atoms with van der Waals surface area (Å²) < 4.78 is 43.6. The molecule has 2 aliphatic carbocycles. The molecule has 2 bridgehead atoms. The van der Waals surface area contributed by atoms with E-state index in [9.17, 15) is 32.3 Å². The number of ether oxygens (including phenoxy) is 1. The van der Waals surface area contributed by atoms with Gasteiger partial charge in [-0.25, -0.2) is 4.79 Å². The van der Waals surface area contributed by atoms with E-state index in [1.54, 1.807) is 0 Å². The molecule has 41 heavy (non-hydrogen) atoms. The Morgan fingerprint density at radius 1 is 0.878 bits per heavy atom. The predicted molar refractivity (Wildman–Crippen MR) is 142 cm³/mol. The molecular formula is C31H25F3N2O5. The van der Waals surface area contributed by atoms with Crippen molar-refractivity contribution in [3.05, 3.63) is 95.6 Å². The Balaban J connectivity index is 1.08. The third-order valence-corrected chi connectivity index (χ3v) is 8.41. The van der Waals surface area contributed by atoms with E-state index in [1.807, 2.05) is 18.2 Å². The van der Waals surface area contributed by atoms with Gasteiger partial charge in [0, 0.05) is 5.69 Å². The molecule has 0 radical (unpaired) electrons. The summed E-state index contributed by atoms with van der Waals surface area (Å²) in [7, 11) is 0. The van der Waals surface area contributed by atoms with E-state index in [0.717, 1.165) is 31.0 Å². The standard InChI is InChI=1S/C31H25F3N2O5/c32-31(33,34)20-7-4-8-21(15-20)35-25(37)16-41-30(40)18-9-11-22(12-10-18)36-28(38)26-19-13-23(17-5-2-1-3-6-17)24(14-19)27(26)29(36)39/h1-12,15,19,23-24,26-27H,13-14,16H2,(H,35,37)/t19-,23+,24+,26+,27-/m0/s1. The number of fused-ring (bicyclic) bond motifs is 5. The maximum Gasteiger partial charge on any atom is 0.416 e. The van der Waals surface area contributed by atoms with Crippen LogP contribution in [0.1, 0.15) is 40.2 Å². The van der Waals surface area contributed by atoms with Crippen molar-refractivity contribution in [1.82, 2.24) is 0 Å². The Morgan fingerprint density at radius 2 is 1.59 bits per heavy atom.